The van der Waals surface area contributed by atoms with E-state index in [0.717, 1.165) is 48.0 Å². The molecule has 0 radical (unpaired) electrons. The van der Waals surface area contributed by atoms with Gasteiger partial charge < -0.3 is 8.85 Å². The number of hydrogen-bond acceptors (Lipinski definition) is 2. The fourth-order valence-electron chi connectivity index (χ4n) is 6.67. The average molecular weight is 309 g/mol. The van der Waals surface area contributed by atoms with Gasteiger partial charge in [-0.05, 0) is 63.2 Å². The maximum atomic E-state index is 6.66. The van der Waals surface area contributed by atoms with E-state index < -0.39 is 8.56 Å². The van der Waals surface area contributed by atoms with Gasteiger partial charge >= 0.3 is 8.56 Å². The zero-order valence-corrected chi connectivity index (χ0v) is 14.9. The van der Waals surface area contributed by atoms with Crippen LogP contribution in [-0.4, -0.2) is 21.8 Å². The zero-order chi connectivity index (χ0) is 14.4. The predicted octanol–water partition coefficient (Wildman–Crippen LogP) is 4.88. The first-order valence-corrected chi connectivity index (χ1v) is 11.5. The Balaban J connectivity index is 1.64. The topological polar surface area (TPSA) is 18.5 Å². The monoisotopic (exact) mass is 308 g/mol. The molecule has 2 nitrogen and oxygen atoms in total. The zero-order valence-electron chi connectivity index (χ0n) is 13.9. The van der Waals surface area contributed by atoms with E-state index in [0.29, 0.717) is 0 Å². The Morgan fingerprint density at radius 1 is 0.714 bits per heavy atom. The second-order valence-electron chi connectivity index (χ2n) is 8.15. The Morgan fingerprint density at radius 3 is 1.48 bits per heavy atom. The highest BCUT2D eigenvalue weighted by molar-refractivity contribution is 6.71. The predicted molar refractivity (Wildman–Crippen MR) is 87.4 cm³/mol. The second kappa shape index (κ2) is 5.65. The van der Waals surface area contributed by atoms with Crippen LogP contribution in [0, 0.1) is 23.7 Å². The van der Waals surface area contributed by atoms with Gasteiger partial charge in [0.1, 0.15) is 0 Å². The van der Waals surface area contributed by atoms with Crippen LogP contribution in [0.1, 0.15) is 65.2 Å². The van der Waals surface area contributed by atoms with Crippen molar-refractivity contribution in [2.45, 2.75) is 76.3 Å². The Hall–Kier alpha value is 0.137. The molecule has 4 fully saturated rings. The van der Waals surface area contributed by atoms with E-state index in [1.807, 2.05) is 0 Å². The van der Waals surface area contributed by atoms with Crippen LogP contribution in [0.15, 0.2) is 0 Å². The molecule has 4 bridgehead atoms. The molecule has 4 aliphatic rings. The molecular formula is C18H32O2Si. The minimum Gasteiger partial charge on any atom is -0.394 e. The summed E-state index contributed by atoms with van der Waals surface area (Å²) in [5, 5.41) is 0. The van der Waals surface area contributed by atoms with Gasteiger partial charge in [0, 0.05) is 24.3 Å². The van der Waals surface area contributed by atoms with Crippen molar-refractivity contribution in [3.8, 4) is 0 Å². The molecule has 0 aromatic heterocycles. The van der Waals surface area contributed by atoms with Gasteiger partial charge in [-0.1, -0.05) is 25.7 Å². The van der Waals surface area contributed by atoms with Gasteiger partial charge in [0.15, 0.2) is 0 Å². The van der Waals surface area contributed by atoms with Gasteiger partial charge in [-0.15, -0.1) is 0 Å². The first-order chi connectivity index (χ1) is 10.3. The summed E-state index contributed by atoms with van der Waals surface area (Å²) < 4.78 is 13.3. The molecule has 0 N–H and O–H groups in total. The molecule has 0 heterocycles. The summed E-state index contributed by atoms with van der Waals surface area (Å²) >= 11 is 0. The number of hydrogen-bond donors (Lipinski definition) is 0. The fourth-order valence-corrected chi connectivity index (χ4v) is 12.3. The molecule has 3 heteroatoms. The van der Waals surface area contributed by atoms with Gasteiger partial charge in [-0.25, -0.2) is 0 Å². The summed E-state index contributed by atoms with van der Waals surface area (Å²) in [5.74, 6) is 3.90. The van der Waals surface area contributed by atoms with Crippen LogP contribution in [0.3, 0.4) is 0 Å². The summed E-state index contributed by atoms with van der Waals surface area (Å²) in [6.45, 7) is 6.13. The van der Waals surface area contributed by atoms with E-state index in [1.165, 1.54) is 51.4 Å². The summed E-state index contributed by atoms with van der Waals surface area (Å²) in [5.41, 5.74) is 1.64. The number of fused-ring (bicyclic) bond motifs is 4. The first kappa shape index (κ1) is 14.7. The molecule has 21 heavy (non-hydrogen) atoms. The van der Waals surface area contributed by atoms with Crippen LogP contribution in [0.5, 0.6) is 0 Å². The quantitative estimate of drug-likeness (QED) is 0.651. The molecule has 4 rings (SSSR count). The highest BCUT2D eigenvalue weighted by Crippen LogP contribution is 2.64. The molecular weight excluding hydrogens is 276 g/mol. The lowest BCUT2D eigenvalue weighted by Gasteiger charge is -2.45. The molecule has 0 amide bonds. The van der Waals surface area contributed by atoms with Crippen molar-refractivity contribution in [2.24, 2.45) is 23.7 Å². The molecule has 4 saturated carbocycles. The van der Waals surface area contributed by atoms with E-state index in [-0.39, 0.29) is 0 Å². The third kappa shape index (κ3) is 2.26. The van der Waals surface area contributed by atoms with Gasteiger partial charge in [0.05, 0.1) is 0 Å². The van der Waals surface area contributed by atoms with Crippen molar-refractivity contribution in [3.63, 3.8) is 0 Å². The Morgan fingerprint density at radius 2 is 1.19 bits per heavy atom. The Bertz CT molecular complexity index is 349. The van der Waals surface area contributed by atoms with Gasteiger partial charge in [0.2, 0.25) is 0 Å². The maximum absolute atomic E-state index is 6.66. The summed E-state index contributed by atoms with van der Waals surface area (Å²) in [6.07, 6.45) is 11.7. The van der Waals surface area contributed by atoms with Crippen LogP contribution in [0.2, 0.25) is 11.1 Å². The second-order valence-corrected chi connectivity index (χ2v) is 11.7. The largest absolute Gasteiger partial charge is 0.394 e. The van der Waals surface area contributed by atoms with Gasteiger partial charge in [-0.2, -0.15) is 0 Å². The average Bonchev–Trinajstić information content (AvgIpc) is 3.26. The van der Waals surface area contributed by atoms with E-state index in [2.05, 4.69) is 13.8 Å². The van der Waals surface area contributed by atoms with Crippen molar-refractivity contribution < 1.29 is 8.85 Å². The van der Waals surface area contributed by atoms with E-state index in [1.54, 1.807) is 0 Å². The molecule has 6 unspecified atom stereocenters. The molecule has 0 aromatic rings. The highest BCUT2D eigenvalue weighted by atomic mass is 28.4. The van der Waals surface area contributed by atoms with Crippen molar-refractivity contribution in [3.05, 3.63) is 0 Å². The highest BCUT2D eigenvalue weighted by Gasteiger charge is 2.63. The lowest BCUT2D eigenvalue weighted by molar-refractivity contribution is 0.141. The number of rotatable bonds is 6. The van der Waals surface area contributed by atoms with Crippen molar-refractivity contribution in [2.75, 3.05) is 13.2 Å². The van der Waals surface area contributed by atoms with Gasteiger partial charge in [-0.3, -0.25) is 0 Å². The molecule has 0 spiro atoms. The first-order valence-electron chi connectivity index (χ1n) is 9.54. The molecule has 4 aliphatic carbocycles. The lowest BCUT2D eigenvalue weighted by Crippen LogP contribution is -2.54. The lowest BCUT2D eigenvalue weighted by atomic mass is 9.99. The molecule has 120 valence electrons. The van der Waals surface area contributed by atoms with E-state index in [4.69, 9.17) is 8.85 Å². The summed E-state index contributed by atoms with van der Waals surface area (Å²) in [6, 6.07) is 0. The van der Waals surface area contributed by atoms with Gasteiger partial charge in [0.25, 0.3) is 0 Å². The standard InChI is InChI=1S/C18H32O2Si/c1-3-19-21(20-4-2,17-11-13-5-7-15(17)9-13)18-12-14-6-8-16(18)10-14/h13-18H,3-12H2,1-2H3. The van der Waals surface area contributed by atoms with Crippen LogP contribution in [-0.2, 0) is 8.85 Å². The Kier molecular flexibility index (Phi) is 3.96. The third-order valence-corrected chi connectivity index (χ3v) is 12.2. The minimum atomic E-state index is -2.04. The van der Waals surface area contributed by atoms with E-state index >= 15 is 0 Å². The van der Waals surface area contributed by atoms with Crippen molar-refractivity contribution >= 4 is 8.56 Å². The molecule has 6 atom stereocenters. The maximum Gasteiger partial charge on any atom is 0.345 e. The molecule has 0 saturated heterocycles. The Labute approximate surface area is 131 Å². The van der Waals surface area contributed by atoms with Crippen LogP contribution in [0.4, 0.5) is 0 Å². The van der Waals surface area contributed by atoms with Crippen molar-refractivity contribution in [1.82, 2.24) is 0 Å². The smallest absolute Gasteiger partial charge is 0.345 e. The SMILES string of the molecule is CCO[Si](OCC)(C1CC2CCC1C2)C1CC2CCC1C2. The molecule has 0 aromatic carbocycles. The van der Waals surface area contributed by atoms with Crippen LogP contribution < -0.4 is 0 Å². The van der Waals surface area contributed by atoms with Crippen LogP contribution in [0.25, 0.3) is 0 Å². The third-order valence-electron chi connectivity index (χ3n) is 7.25. The molecule has 0 aliphatic heterocycles. The fraction of sp³-hybridized carbons (Fsp3) is 1.00. The minimum absolute atomic E-state index is 0.820. The van der Waals surface area contributed by atoms with E-state index in [9.17, 15) is 0 Å². The summed E-state index contributed by atoms with van der Waals surface area (Å²) in [7, 11) is -2.04. The van der Waals surface area contributed by atoms with Crippen LogP contribution >= 0.6 is 0 Å². The summed E-state index contributed by atoms with van der Waals surface area (Å²) in [4.78, 5) is 0. The van der Waals surface area contributed by atoms with Crippen molar-refractivity contribution in [1.29, 1.82) is 0 Å². The normalized spacial score (nSPS) is 44.9.